The Balaban J connectivity index is 4.53. The Morgan fingerprint density at radius 2 is 0.594 bits per heavy atom. The van der Waals surface area contributed by atoms with E-state index in [0.29, 0.717) is 19.3 Å². The van der Waals surface area contributed by atoms with Gasteiger partial charge in [0.15, 0.2) is 6.10 Å². The van der Waals surface area contributed by atoms with Crippen LogP contribution in [0, 0.1) is 0 Å². The first kappa shape index (κ1) is 65.1. The van der Waals surface area contributed by atoms with Crippen molar-refractivity contribution in [1.82, 2.24) is 0 Å². The van der Waals surface area contributed by atoms with E-state index in [4.69, 9.17) is 14.2 Å². The summed E-state index contributed by atoms with van der Waals surface area (Å²) in [5.41, 5.74) is 0. The third kappa shape index (κ3) is 54.9. The highest BCUT2D eigenvalue weighted by Crippen LogP contribution is 2.14. The van der Waals surface area contributed by atoms with Crippen LogP contribution in [0.4, 0.5) is 0 Å². The molecule has 0 heterocycles. The molecule has 0 bridgehead atoms. The van der Waals surface area contributed by atoms with E-state index >= 15 is 0 Å². The topological polar surface area (TPSA) is 78.9 Å². The molecule has 69 heavy (non-hydrogen) atoms. The molecule has 0 radical (unpaired) electrons. The second-order valence-electron chi connectivity index (χ2n) is 18.5. The lowest BCUT2D eigenvalue weighted by molar-refractivity contribution is -0.166. The molecule has 0 aromatic heterocycles. The molecule has 6 nitrogen and oxygen atoms in total. The highest BCUT2D eigenvalue weighted by atomic mass is 16.6. The summed E-state index contributed by atoms with van der Waals surface area (Å²) in [6.07, 6.45) is 76.5. The van der Waals surface area contributed by atoms with E-state index in [1.54, 1.807) is 0 Å². The summed E-state index contributed by atoms with van der Waals surface area (Å²) in [5.74, 6) is -1.02. The fourth-order valence-electron chi connectivity index (χ4n) is 7.49. The van der Waals surface area contributed by atoms with E-state index in [9.17, 15) is 14.4 Å². The third-order valence-corrected chi connectivity index (χ3v) is 11.7. The Kier molecular flexibility index (Phi) is 53.4. The zero-order valence-electron chi connectivity index (χ0n) is 44.8. The lowest BCUT2D eigenvalue weighted by Gasteiger charge is -2.18. The van der Waals surface area contributed by atoms with E-state index in [2.05, 4.69) is 124 Å². The number of esters is 3. The lowest BCUT2D eigenvalue weighted by atomic mass is 10.1. The average Bonchev–Trinajstić information content (AvgIpc) is 3.35. The largest absolute Gasteiger partial charge is 0.462 e. The number of unbranched alkanes of at least 4 members (excludes halogenated alkanes) is 21. The van der Waals surface area contributed by atoms with Gasteiger partial charge in [-0.05, 0) is 116 Å². The predicted octanol–water partition coefficient (Wildman–Crippen LogP) is 19.1. The number of hydrogen-bond acceptors (Lipinski definition) is 6. The van der Waals surface area contributed by atoms with Crippen LogP contribution in [0.5, 0.6) is 0 Å². The maximum Gasteiger partial charge on any atom is 0.306 e. The minimum Gasteiger partial charge on any atom is -0.462 e. The maximum atomic E-state index is 12.9. The normalized spacial score (nSPS) is 12.9. The number of carbonyl (C=O) groups excluding carboxylic acids is 3. The van der Waals surface area contributed by atoms with Gasteiger partial charge < -0.3 is 14.2 Å². The predicted molar refractivity (Wildman–Crippen MR) is 297 cm³/mol. The first-order chi connectivity index (χ1) is 34.0. The average molecular weight is 958 g/mol. The van der Waals surface area contributed by atoms with Crippen molar-refractivity contribution in [3.8, 4) is 0 Å². The van der Waals surface area contributed by atoms with Crippen LogP contribution in [0.15, 0.2) is 109 Å². The number of carbonyl (C=O) groups is 3. The minimum absolute atomic E-state index is 0.112. The van der Waals surface area contributed by atoms with Gasteiger partial charge in [0, 0.05) is 19.3 Å². The summed E-state index contributed by atoms with van der Waals surface area (Å²) < 4.78 is 16.8. The van der Waals surface area contributed by atoms with Gasteiger partial charge in [0.1, 0.15) is 13.2 Å². The van der Waals surface area contributed by atoms with Crippen molar-refractivity contribution >= 4 is 17.9 Å². The molecule has 1 atom stereocenters. The molecule has 0 aromatic carbocycles. The molecule has 392 valence electrons. The molecule has 0 N–H and O–H groups in total. The quantitative estimate of drug-likeness (QED) is 0.0262. The number of rotatable bonds is 50. The molecule has 0 fully saturated rings. The van der Waals surface area contributed by atoms with Crippen LogP contribution in [-0.2, 0) is 28.6 Å². The van der Waals surface area contributed by atoms with Crippen molar-refractivity contribution in [3.63, 3.8) is 0 Å². The number of hydrogen-bond donors (Lipinski definition) is 0. The number of allylic oxidation sites excluding steroid dienone is 18. The van der Waals surface area contributed by atoms with Crippen LogP contribution in [0.2, 0.25) is 0 Å². The van der Waals surface area contributed by atoms with Gasteiger partial charge in [-0.2, -0.15) is 0 Å². The highest BCUT2D eigenvalue weighted by molar-refractivity contribution is 5.71. The molecular formula is C63H104O6. The van der Waals surface area contributed by atoms with Gasteiger partial charge in [-0.25, -0.2) is 0 Å². The standard InChI is InChI=1S/C63H104O6/c1-4-7-10-13-16-19-22-25-28-30-31-33-35-38-41-44-47-50-53-56-62(65)68-59-60(58-67-61(64)55-52-49-46-43-40-37-34-27-24-21-18-15-12-9-6-3)69-63(66)57-54-51-48-45-42-39-36-32-29-26-23-20-17-14-11-8-5-2/h7,10,16,18-19,21,25-29,31,33-34,38,41,47,50,60H,4-6,8-9,11-15,17,20,22-24,30,32,35-37,39-40,42-46,48-49,51-59H2,1-3H3/b10-7+,19-16+,21-18+,28-25+,29-26+,33-31+,34-27+,41-38+,50-47+/t60-/m1/s1. The van der Waals surface area contributed by atoms with Gasteiger partial charge in [-0.15, -0.1) is 0 Å². The fourth-order valence-corrected chi connectivity index (χ4v) is 7.49. The summed E-state index contributed by atoms with van der Waals surface area (Å²) in [6, 6.07) is 0. The summed E-state index contributed by atoms with van der Waals surface area (Å²) in [5, 5.41) is 0. The molecule has 0 aromatic rings. The zero-order chi connectivity index (χ0) is 50.0. The van der Waals surface area contributed by atoms with Crippen LogP contribution in [0.3, 0.4) is 0 Å². The molecule has 6 heteroatoms. The second-order valence-corrected chi connectivity index (χ2v) is 18.5. The van der Waals surface area contributed by atoms with Crippen LogP contribution in [0.1, 0.15) is 252 Å². The Bertz CT molecular complexity index is 1420. The summed E-state index contributed by atoms with van der Waals surface area (Å²) in [4.78, 5) is 38.1. The van der Waals surface area contributed by atoms with Crippen LogP contribution in [0.25, 0.3) is 0 Å². The molecule has 0 spiro atoms. The SMILES string of the molecule is CC/C=C/C/C=C/C/C=C/C/C=C/C/C=C/C/C=C/CCC(=O)OC[C@@H](COC(=O)CCCCCCC/C=C/C/C=C/CCCCC)OC(=O)CCCCCCCCC/C=C/CCCCCCCC. The smallest absolute Gasteiger partial charge is 0.306 e. The molecule has 0 amide bonds. The minimum atomic E-state index is -0.819. The second kappa shape index (κ2) is 56.7. The Morgan fingerprint density at radius 1 is 0.304 bits per heavy atom. The highest BCUT2D eigenvalue weighted by Gasteiger charge is 2.19. The van der Waals surface area contributed by atoms with E-state index in [1.165, 1.54) is 103 Å². The molecule has 0 unspecified atom stereocenters. The first-order valence-corrected chi connectivity index (χ1v) is 28.4. The van der Waals surface area contributed by atoms with Gasteiger partial charge in [-0.1, -0.05) is 226 Å². The molecule has 0 aliphatic heterocycles. The van der Waals surface area contributed by atoms with Gasteiger partial charge in [0.2, 0.25) is 0 Å². The van der Waals surface area contributed by atoms with E-state index in [1.807, 2.05) is 6.08 Å². The monoisotopic (exact) mass is 957 g/mol. The van der Waals surface area contributed by atoms with Crippen LogP contribution in [-0.4, -0.2) is 37.2 Å². The Hall–Kier alpha value is -3.93. The molecule has 0 rings (SSSR count). The van der Waals surface area contributed by atoms with Gasteiger partial charge in [-0.3, -0.25) is 14.4 Å². The van der Waals surface area contributed by atoms with Crippen molar-refractivity contribution in [3.05, 3.63) is 109 Å². The number of ether oxygens (including phenoxy) is 3. The Labute approximate surface area is 425 Å². The van der Waals surface area contributed by atoms with E-state index in [-0.39, 0.29) is 37.5 Å². The molecule has 0 aliphatic rings. The van der Waals surface area contributed by atoms with Gasteiger partial charge >= 0.3 is 17.9 Å². The first-order valence-electron chi connectivity index (χ1n) is 28.4. The van der Waals surface area contributed by atoms with Crippen molar-refractivity contribution in [2.45, 2.75) is 258 Å². The summed E-state index contributed by atoms with van der Waals surface area (Å²) >= 11 is 0. The van der Waals surface area contributed by atoms with Crippen LogP contribution < -0.4 is 0 Å². The van der Waals surface area contributed by atoms with E-state index in [0.717, 1.165) is 103 Å². The maximum absolute atomic E-state index is 12.9. The molecule has 0 aliphatic carbocycles. The molecular weight excluding hydrogens is 853 g/mol. The van der Waals surface area contributed by atoms with Gasteiger partial charge in [0.05, 0.1) is 0 Å². The zero-order valence-corrected chi connectivity index (χ0v) is 44.8. The van der Waals surface area contributed by atoms with Crippen molar-refractivity contribution in [2.24, 2.45) is 0 Å². The fraction of sp³-hybridized carbons (Fsp3) is 0.667. The molecule has 0 saturated carbocycles. The Morgan fingerprint density at radius 3 is 1.01 bits per heavy atom. The summed E-state index contributed by atoms with van der Waals surface area (Å²) in [7, 11) is 0. The lowest BCUT2D eigenvalue weighted by Crippen LogP contribution is -2.30. The van der Waals surface area contributed by atoms with Crippen molar-refractivity contribution in [1.29, 1.82) is 0 Å². The third-order valence-electron chi connectivity index (χ3n) is 11.7. The molecule has 0 saturated heterocycles. The van der Waals surface area contributed by atoms with Crippen molar-refractivity contribution in [2.75, 3.05) is 13.2 Å². The van der Waals surface area contributed by atoms with Crippen molar-refractivity contribution < 1.29 is 28.6 Å². The van der Waals surface area contributed by atoms with Gasteiger partial charge in [0.25, 0.3) is 0 Å². The summed E-state index contributed by atoms with van der Waals surface area (Å²) in [6.45, 7) is 6.42. The van der Waals surface area contributed by atoms with Crippen LogP contribution >= 0.6 is 0 Å². The van der Waals surface area contributed by atoms with E-state index < -0.39 is 6.10 Å².